The van der Waals surface area contributed by atoms with Crippen LogP contribution in [0.1, 0.15) is 5.56 Å². The molecule has 1 aromatic carbocycles. The van der Waals surface area contributed by atoms with Gasteiger partial charge in [-0.05, 0) is 17.7 Å². The maximum atomic E-state index is 5.22. The van der Waals surface area contributed by atoms with E-state index in [0.29, 0.717) is 6.61 Å². The van der Waals surface area contributed by atoms with E-state index in [-0.39, 0.29) is 0 Å². The summed E-state index contributed by atoms with van der Waals surface area (Å²) in [5, 5.41) is 0. The molecule has 2 rings (SSSR count). The molecule has 4 heteroatoms. The first-order valence-corrected chi connectivity index (χ1v) is 5.03. The van der Waals surface area contributed by atoms with Crippen LogP contribution in [0.5, 0.6) is 0 Å². The van der Waals surface area contributed by atoms with Gasteiger partial charge in [0, 0.05) is 6.20 Å². The average molecular weight is 215 g/mol. The standard InChI is InChI=1S/C12H13N3O/c1-2-6-11(7-3-1)10-16-15-14-12-8-4-5-9-13-12/h1-9,15H,10H2,(H,13,14). The summed E-state index contributed by atoms with van der Waals surface area (Å²) in [4.78, 5) is 9.29. The van der Waals surface area contributed by atoms with Crippen molar-refractivity contribution in [1.29, 1.82) is 0 Å². The summed E-state index contributed by atoms with van der Waals surface area (Å²) in [7, 11) is 0. The number of hydrazine groups is 1. The van der Waals surface area contributed by atoms with Gasteiger partial charge in [-0.1, -0.05) is 36.4 Å². The summed E-state index contributed by atoms with van der Waals surface area (Å²) in [5.74, 6) is 0.718. The molecule has 0 aliphatic carbocycles. The first-order chi connectivity index (χ1) is 7.95. The van der Waals surface area contributed by atoms with E-state index in [0.717, 1.165) is 11.4 Å². The van der Waals surface area contributed by atoms with E-state index in [9.17, 15) is 0 Å². The first-order valence-electron chi connectivity index (χ1n) is 5.03. The Bertz CT molecular complexity index is 364. The van der Waals surface area contributed by atoms with Crippen LogP contribution >= 0.6 is 0 Å². The van der Waals surface area contributed by atoms with Gasteiger partial charge in [0.05, 0.1) is 6.61 Å². The van der Waals surface area contributed by atoms with Gasteiger partial charge in [0.15, 0.2) is 0 Å². The quantitative estimate of drug-likeness (QED) is 0.592. The van der Waals surface area contributed by atoms with Crippen molar-refractivity contribution in [3.05, 3.63) is 60.3 Å². The van der Waals surface area contributed by atoms with Crippen molar-refractivity contribution >= 4 is 5.82 Å². The summed E-state index contributed by atoms with van der Waals surface area (Å²) in [5.41, 5.74) is 6.58. The molecule has 0 saturated carbocycles. The second-order valence-corrected chi connectivity index (χ2v) is 3.22. The molecule has 0 spiro atoms. The summed E-state index contributed by atoms with van der Waals surface area (Å²) in [6.45, 7) is 0.501. The minimum absolute atomic E-state index is 0.501. The van der Waals surface area contributed by atoms with Crippen LogP contribution in [-0.4, -0.2) is 4.98 Å². The van der Waals surface area contributed by atoms with Gasteiger partial charge in [-0.2, -0.15) is 0 Å². The highest BCUT2D eigenvalue weighted by atomic mass is 16.7. The largest absolute Gasteiger partial charge is 0.283 e. The van der Waals surface area contributed by atoms with Crippen LogP contribution in [0.3, 0.4) is 0 Å². The Hall–Kier alpha value is -1.91. The van der Waals surface area contributed by atoms with Crippen molar-refractivity contribution in [3.63, 3.8) is 0 Å². The molecule has 82 valence electrons. The second-order valence-electron chi connectivity index (χ2n) is 3.22. The summed E-state index contributed by atoms with van der Waals surface area (Å²) < 4.78 is 0. The van der Waals surface area contributed by atoms with Crippen molar-refractivity contribution in [2.45, 2.75) is 6.61 Å². The lowest BCUT2D eigenvalue weighted by Crippen LogP contribution is -2.22. The Morgan fingerprint density at radius 1 is 1.00 bits per heavy atom. The number of nitrogens with one attached hydrogen (secondary N) is 2. The number of anilines is 1. The predicted molar refractivity (Wildman–Crippen MR) is 62.2 cm³/mol. The molecular weight excluding hydrogens is 202 g/mol. The molecule has 0 atom stereocenters. The Kier molecular flexibility index (Phi) is 3.87. The minimum atomic E-state index is 0.501. The topological polar surface area (TPSA) is 46.2 Å². The maximum absolute atomic E-state index is 5.22. The van der Waals surface area contributed by atoms with Crippen molar-refractivity contribution < 1.29 is 4.84 Å². The van der Waals surface area contributed by atoms with Crippen LogP contribution in [-0.2, 0) is 11.4 Å². The van der Waals surface area contributed by atoms with Gasteiger partial charge in [-0.25, -0.2) is 4.98 Å². The summed E-state index contributed by atoms with van der Waals surface area (Å²) in [6, 6.07) is 15.5. The van der Waals surface area contributed by atoms with Gasteiger partial charge in [0.2, 0.25) is 0 Å². The van der Waals surface area contributed by atoms with E-state index < -0.39 is 0 Å². The molecule has 0 bridgehead atoms. The highest BCUT2D eigenvalue weighted by Gasteiger charge is 1.92. The number of aromatic nitrogens is 1. The second kappa shape index (κ2) is 5.85. The fraction of sp³-hybridized carbons (Fsp3) is 0.0833. The van der Waals surface area contributed by atoms with Crippen molar-refractivity contribution in [2.75, 3.05) is 5.43 Å². The molecule has 4 nitrogen and oxygen atoms in total. The molecule has 2 N–H and O–H groups in total. The fourth-order valence-corrected chi connectivity index (χ4v) is 1.22. The molecule has 16 heavy (non-hydrogen) atoms. The molecular formula is C12H13N3O. The molecule has 1 aromatic heterocycles. The lowest BCUT2D eigenvalue weighted by atomic mass is 10.2. The highest BCUT2D eigenvalue weighted by molar-refractivity contribution is 5.30. The molecule has 1 heterocycles. The molecule has 0 fully saturated rings. The zero-order valence-electron chi connectivity index (χ0n) is 8.76. The van der Waals surface area contributed by atoms with E-state index in [4.69, 9.17) is 4.84 Å². The normalized spacial score (nSPS) is 10.0. The number of hydrogen-bond donors (Lipinski definition) is 2. The number of benzene rings is 1. The van der Waals surface area contributed by atoms with Gasteiger partial charge in [-0.3, -0.25) is 10.3 Å². The number of nitrogens with zero attached hydrogens (tertiary/aromatic N) is 1. The predicted octanol–water partition coefficient (Wildman–Crippen LogP) is 2.13. The lowest BCUT2D eigenvalue weighted by Gasteiger charge is -2.07. The molecule has 0 aliphatic heterocycles. The van der Waals surface area contributed by atoms with Crippen LogP contribution in [0.2, 0.25) is 0 Å². The Labute approximate surface area is 94.2 Å². The van der Waals surface area contributed by atoms with Crippen LogP contribution in [0.15, 0.2) is 54.7 Å². The van der Waals surface area contributed by atoms with Crippen LogP contribution in [0, 0.1) is 0 Å². The van der Waals surface area contributed by atoms with Crippen molar-refractivity contribution in [3.8, 4) is 0 Å². The lowest BCUT2D eigenvalue weighted by molar-refractivity contribution is 0.0433. The highest BCUT2D eigenvalue weighted by Crippen LogP contribution is 2.00. The van der Waals surface area contributed by atoms with Crippen molar-refractivity contribution in [2.24, 2.45) is 0 Å². The summed E-state index contributed by atoms with van der Waals surface area (Å²) >= 11 is 0. The van der Waals surface area contributed by atoms with Gasteiger partial charge in [-0.15, -0.1) is 5.59 Å². The Balaban J connectivity index is 1.70. The third-order valence-corrected chi connectivity index (χ3v) is 2.00. The molecule has 0 unspecified atom stereocenters. The van der Waals surface area contributed by atoms with Gasteiger partial charge >= 0.3 is 0 Å². The van der Waals surface area contributed by atoms with E-state index >= 15 is 0 Å². The number of hydrogen-bond acceptors (Lipinski definition) is 4. The zero-order valence-corrected chi connectivity index (χ0v) is 8.76. The van der Waals surface area contributed by atoms with Gasteiger partial charge in [0.25, 0.3) is 0 Å². The fourth-order valence-electron chi connectivity index (χ4n) is 1.22. The maximum Gasteiger partial charge on any atom is 0.141 e. The SMILES string of the molecule is c1ccc(CONNc2ccccn2)cc1. The number of pyridine rings is 1. The summed E-state index contributed by atoms with van der Waals surface area (Å²) in [6.07, 6.45) is 1.71. The molecule has 0 aliphatic rings. The van der Waals surface area contributed by atoms with Crippen molar-refractivity contribution in [1.82, 2.24) is 10.6 Å². The van der Waals surface area contributed by atoms with Gasteiger partial charge in [0.1, 0.15) is 5.82 Å². The Morgan fingerprint density at radius 2 is 1.81 bits per heavy atom. The third-order valence-electron chi connectivity index (χ3n) is 2.00. The smallest absolute Gasteiger partial charge is 0.141 e. The molecule has 2 aromatic rings. The van der Waals surface area contributed by atoms with Crippen LogP contribution in [0.25, 0.3) is 0 Å². The minimum Gasteiger partial charge on any atom is -0.283 e. The van der Waals surface area contributed by atoms with Crippen LogP contribution in [0.4, 0.5) is 5.82 Å². The molecule has 0 saturated heterocycles. The van der Waals surface area contributed by atoms with E-state index in [2.05, 4.69) is 16.0 Å². The number of rotatable bonds is 5. The molecule has 0 radical (unpaired) electrons. The monoisotopic (exact) mass is 215 g/mol. The van der Waals surface area contributed by atoms with E-state index in [1.165, 1.54) is 0 Å². The van der Waals surface area contributed by atoms with E-state index in [1.807, 2.05) is 48.5 Å². The third kappa shape index (κ3) is 3.34. The average Bonchev–Trinajstić information content (AvgIpc) is 2.37. The van der Waals surface area contributed by atoms with E-state index in [1.54, 1.807) is 6.20 Å². The first kappa shape index (κ1) is 10.6. The van der Waals surface area contributed by atoms with Crippen LogP contribution < -0.4 is 11.0 Å². The molecule has 0 amide bonds. The zero-order chi connectivity index (χ0) is 11.1. The van der Waals surface area contributed by atoms with Gasteiger partial charge < -0.3 is 0 Å². The Morgan fingerprint density at radius 3 is 2.56 bits per heavy atom.